The van der Waals surface area contributed by atoms with Crippen molar-refractivity contribution in [3.8, 4) is 0 Å². The molecule has 0 atom stereocenters. The zero-order chi connectivity index (χ0) is 7.98. The first-order valence-corrected chi connectivity index (χ1v) is 3.36. The molecule has 0 radical (unpaired) electrons. The summed E-state index contributed by atoms with van der Waals surface area (Å²) in [5.74, 6) is -0.652. The Balaban J connectivity index is 3.91. The van der Waals surface area contributed by atoms with Crippen molar-refractivity contribution >= 4 is 17.6 Å². The summed E-state index contributed by atoms with van der Waals surface area (Å²) in [6.45, 7) is 2.20. The summed E-state index contributed by atoms with van der Waals surface area (Å²) in [6.07, 6.45) is 0.955. The third kappa shape index (κ3) is 4.21. The second-order valence-electron chi connectivity index (χ2n) is 1.52. The van der Waals surface area contributed by atoms with E-state index in [2.05, 4.69) is 0 Å². The highest BCUT2D eigenvalue weighted by Gasteiger charge is 1.97. The van der Waals surface area contributed by atoms with Crippen molar-refractivity contribution < 1.29 is 14.6 Å². The van der Waals surface area contributed by atoms with Crippen molar-refractivity contribution in [1.29, 1.82) is 0 Å². The molecule has 1 N–H and O–H groups in total. The molecule has 58 valence electrons. The van der Waals surface area contributed by atoms with E-state index in [1.54, 1.807) is 6.92 Å². The van der Waals surface area contributed by atoms with Crippen molar-refractivity contribution in [3.63, 3.8) is 0 Å². The van der Waals surface area contributed by atoms with Gasteiger partial charge in [-0.05, 0) is 6.92 Å². The monoisotopic (exact) mass is 164 g/mol. The largest absolute Gasteiger partial charge is 0.497 e. The lowest BCUT2D eigenvalue weighted by atomic mass is 10.5. The molecule has 0 spiro atoms. The lowest BCUT2D eigenvalue weighted by molar-refractivity contribution is -0.131. The molecular weight excluding hydrogens is 156 g/mol. The van der Waals surface area contributed by atoms with Crippen molar-refractivity contribution in [2.24, 2.45) is 0 Å². The summed E-state index contributed by atoms with van der Waals surface area (Å²) in [7, 11) is 0. The molecule has 0 aromatic heterocycles. The lowest BCUT2D eigenvalue weighted by Gasteiger charge is -2.01. The maximum absolute atomic E-state index is 10.0. The number of hydrogen-bond acceptors (Lipinski definition) is 2. The molecule has 0 aliphatic carbocycles. The predicted octanol–water partition coefficient (Wildman–Crippen LogP) is 1.23. The molecule has 0 aliphatic heterocycles. The van der Waals surface area contributed by atoms with Crippen molar-refractivity contribution in [2.45, 2.75) is 6.92 Å². The minimum Gasteiger partial charge on any atom is -0.497 e. The fraction of sp³-hybridized carbons (Fsp3) is 0.500. The number of allylic oxidation sites excluding steroid dienone is 1. The van der Waals surface area contributed by atoms with E-state index >= 15 is 0 Å². The second-order valence-corrected chi connectivity index (χ2v) is 1.78. The summed E-state index contributed by atoms with van der Waals surface area (Å²) in [5, 5.41) is 8.23. The molecule has 4 heteroatoms. The highest BCUT2D eigenvalue weighted by molar-refractivity contribution is 6.19. The third-order valence-corrected chi connectivity index (χ3v) is 1.01. The maximum atomic E-state index is 10.0. The van der Waals surface area contributed by atoms with E-state index in [9.17, 15) is 4.79 Å². The molecule has 3 nitrogen and oxygen atoms in total. The number of rotatable bonds is 4. The van der Waals surface area contributed by atoms with Crippen LogP contribution in [0.25, 0.3) is 0 Å². The fourth-order valence-corrected chi connectivity index (χ4v) is 0.596. The van der Waals surface area contributed by atoms with Gasteiger partial charge < -0.3 is 9.84 Å². The van der Waals surface area contributed by atoms with Gasteiger partial charge in [-0.2, -0.15) is 0 Å². The molecule has 0 aromatic rings. The van der Waals surface area contributed by atoms with Crippen LogP contribution in [0.1, 0.15) is 6.92 Å². The van der Waals surface area contributed by atoms with Crippen LogP contribution in [0.15, 0.2) is 11.8 Å². The molecule has 0 saturated carbocycles. The normalized spacial score (nSPS) is 11.2. The Morgan fingerprint density at radius 2 is 2.40 bits per heavy atom. The molecule has 0 rings (SSSR count). The molecule has 0 bridgehead atoms. The van der Waals surface area contributed by atoms with Crippen LogP contribution in [0.3, 0.4) is 0 Å². The number of aliphatic carboxylic acids is 1. The van der Waals surface area contributed by atoms with E-state index in [4.69, 9.17) is 21.4 Å². The van der Waals surface area contributed by atoms with Crippen LogP contribution in [0, 0.1) is 0 Å². The topological polar surface area (TPSA) is 46.5 Å². The van der Waals surface area contributed by atoms with Gasteiger partial charge in [-0.15, -0.1) is 11.6 Å². The van der Waals surface area contributed by atoms with Crippen LogP contribution in [0.2, 0.25) is 0 Å². The Kier molecular flexibility index (Phi) is 4.76. The number of alkyl halides is 1. The Morgan fingerprint density at radius 1 is 1.80 bits per heavy atom. The highest BCUT2D eigenvalue weighted by Crippen LogP contribution is 1.98. The zero-order valence-corrected chi connectivity index (χ0v) is 6.39. The van der Waals surface area contributed by atoms with E-state index in [-0.39, 0.29) is 11.6 Å². The first kappa shape index (κ1) is 9.30. The van der Waals surface area contributed by atoms with Crippen LogP contribution in [0.4, 0.5) is 0 Å². The standard InChI is InChI=1S/C6H9ClO3/c1-2-10-5(4-7)3-6(8)9/h3H,2,4H2,1H3,(H,8,9)/b5-3-. The van der Waals surface area contributed by atoms with Gasteiger partial charge in [0, 0.05) is 0 Å². The fourth-order valence-electron chi connectivity index (χ4n) is 0.442. The smallest absolute Gasteiger partial charge is 0.331 e. The Bertz CT molecular complexity index is 142. The SMILES string of the molecule is CCO/C(=C\C(=O)O)CCl. The first-order valence-electron chi connectivity index (χ1n) is 2.83. The molecule has 0 amide bonds. The van der Waals surface area contributed by atoms with E-state index in [0.29, 0.717) is 6.61 Å². The molecule has 0 heterocycles. The van der Waals surface area contributed by atoms with Gasteiger partial charge in [0.25, 0.3) is 0 Å². The van der Waals surface area contributed by atoms with Gasteiger partial charge in [-0.25, -0.2) is 4.79 Å². The zero-order valence-electron chi connectivity index (χ0n) is 5.63. The molecule has 0 saturated heterocycles. The summed E-state index contributed by atoms with van der Waals surface area (Å²) in [5.41, 5.74) is 0. The summed E-state index contributed by atoms with van der Waals surface area (Å²) < 4.78 is 4.85. The number of ether oxygens (including phenoxy) is 1. The van der Waals surface area contributed by atoms with Crippen LogP contribution >= 0.6 is 11.6 Å². The molecule has 0 aliphatic rings. The van der Waals surface area contributed by atoms with Gasteiger partial charge in [0.1, 0.15) is 5.76 Å². The summed E-state index contributed by atoms with van der Waals surface area (Å²) >= 11 is 5.33. The Hall–Kier alpha value is -0.700. The minimum atomic E-state index is -1.04. The molecular formula is C6H9ClO3. The average Bonchev–Trinajstić information content (AvgIpc) is 1.86. The van der Waals surface area contributed by atoms with E-state index in [1.807, 2.05) is 0 Å². The Morgan fingerprint density at radius 3 is 2.70 bits per heavy atom. The van der Waals surface area contributed by atoms with Crippen molar-refractivity contribution in [3.05, 3.63) is 11.8 Å². The Labute approximate surface area is 64.2 Å². The average molecular weight is 165 g/mol. The van der Waals surface area contributed by atoms with E-state index in [0.717, 1.165) is 6.08 Å². The molecule has 0 fully saturated rings. The second kappa shape index (κ2) is 5.11. The van der Waals surface area contributed by atoms with Crippen LogP contribution in [0.5, 0.6) is 0 Å². The lowest BCUT2D eigenvalue weighted by Crippen LogP contribution is -1.98. The summed E-state index contributed by atoms with van der Waals surface area (Å²) in [4.78, 5) is 10.0. The number of hydrogen-bond donors (Lipinski definition) is 1. The van der Waals surface area contributed by atoms with Gasteiger partial charge >= 0.3 is 5.97 Å². The molecule has 0 aromatic carbocycles. The third-order valence-electron chi connectivity index (χ3n) is 0.746. The van der Waals surface area contributed by atoms with Crippen molar-refractivity contribution in [2.75, 3.05) is 12.5 Å². The quantitative estimate of drug-likeness (QED) is 0.386. The van der Waals surface area contributed by atoms with Crippen molar-refractivity contribution in [1.82, 2.24) is 0 Å². The van der Waals surface area contributed by atoms with Gasteiger partial charge in [0.05, 0.1) is 18.6 Å². The van der Waals surface area contributed by atoms with Gasteiger partial charge in [0.2, 0.25) is 0 Å². The van der Waals surface area contributed by atoms with Gasteiger partial charge in [-0.3, -0.25) is 0 Å². The van der Waals surface area contributed by atoms with Crippen LogP contribution in [-0.4, -0.2) is 23.6 Å². The van der Waals surface area contributed by atoms with E-state index < -0.39 is 5.97 Å². The number of halogens is 1. The van der Waals surface area contributed by atoms with Crippen LogP contribution < -0.4 is 0 Å². The molecule has 10 heavy (non-hydrogen) atoms. The minimum absolute atomic E-state index is 0.0974. The maximum Gasteiger partial charge on any atom is 0.331 e. The highest BCUT2D eigenvalue weighted by atomic mass is 35.5. The first-order chi connectivity index (χ1) is 4.70. The van der Waals surface area contributed by atoms with Gasteiger partial charge in [0.15, 0.2) is 0 Å². The number of carboxylic acid groups (broad SMARTS) is 1. The number of carboxylic acids is 1. The van der Waals surface area contributed by atoms with E-state index in [1.165, 1.54) is 0 Å². The number of carbonyl (C=O) groups is 1. The predicted molar refractivity (Wildman–Crippen MR) is 38.1 cm³/mol. The van der Waals surface area contributed by atoms with Gasteiger partial charge in [-0.1, -0.05) is 0 Å². The molecule has 0 unspecified atom stereocenters. The summed E-state index contributed by atoms with van der Waals surface area (Å²) in [6, 6.07) is 0. The van der Waals surface area contributed by atoms with Crippen LogP contribution in [-0.2, 0) is 9.53 Å².